The first kappa shape index (κ1) is 0.340. The largest absolute Gasteiger partial charge is 0.400 e. The molecule has 0 saturated carbocycles. The van der Waals surface area contributed by atoms with Crippen LogP contribution in [0.3, 0.4) is 0 Å². The third-order valence-corrected chi connectivity index (χ3v) is 0. The molecule has 2 N–H and O–H groups in total. The Labute approximate surface area is 37.1 Å². The van der Waals surface area contributed by atoms with Crippen molar-refractivity contribution in [3.05, 3.63) is 0 Å². The average Bonchev–Trinajstić information content (AvgIpc) is 1.86. The van der Waals surface area contributed by atoms with Crippen molar-refractivity contribution in [2.45, 2.75) is 0 Å². The van der Waals surface area contributed by atoms with Crippen LogP contribution < -0.4 is 0 Å². The Morgan fingerprint density at radius 3 is 2.00 bits per heavy atom. The standard InChI is InChI=1S/2CH4O/c2*1-2/h2*2H,1H3/i2*1D3,2D. The van der Waals surface area contributed by atoms with Crippen LogP contribution in [0.5, 0.6) is 0 Å². The van der Waals surface area contributed by atoms with Gasteiger partial charge in [-0.1, -0.05) is 0 Å². The third-order valence-electron chi connectivity index (χ3n) is 0. The second kappa shape index (κ2) is 1680. The van der Waals surface area contributed by atoms with E-state index in [1.54, 1.807) is 0 Å². The van der Waals surface area contributed by atoms with Crippen molar-refractivity contribution < 1.29 is 18.4 Å². The van der Waals surface area contributed by atoms with Crippen molar-refractivity contribution in [2.24, 2.45) is 0 Å². The highest BCUT2D eigenvalue weighted by molar-refractivity contribution is 3.18. The molecule has 28 valence electrons. The number of rotatable bonds is 0. The number of hydrogen-bond acceptors (Lipinski definition) is 2. The molecule has 2 heteroatoms. The maximum Gasteiger partial charge on any atom is 0.210 e. The van der Waals surface area contributed by atoms with E-state index in [1.807, 2.05) is 0 Å². The summed E-state index contributed by atoms with van der Waals surface area (Å²) in [5, 5.41) is 6.38. The molecule has 0 radical (unpaired) electrons. The molecular formula is C2H8O2. The Hall–Kier alpha value is -0.0800. The van der Waals surface area contributed by atoms with Crippen molar-refractivity contribution in [2.75, 3.05) is 14.1 Å². The Bertz CT molecular complexity index is 88.6. The minimum atomic E-state index is -2.54. The first-order chi connectivity index (χ1) is 5.12. The van der Waals surface area contributed by atoms with Gasteiger partial charge in [-0.25, -0.2) is 0 Å². The normalized spacial score (nSPS) is 38.0. The molecule has 0 fully saturated rings. The van der Waals surface area contributed by atoms with Gasteiger partial charge in [-0.3, -0.25) is 0 Å². The zero-order valence-electron chi connectivity index (χ0n) is 9.82. The summed E-state index contributed by atoms with van der Waals surface area (Å²) in [5.41, 5.74) is 0. The molecule has 0 aromatic heterocycles. The highest BCUT2D eigenvalue weighted by Gasteiger charge is 0.841. The lowest BCUT2D eigenvalue weighted by atomic mass is 11.8. The molecule has 0 rings (SSSR count). The van der Waals surface area contributed by atoms with Gasteiger partial charge in [0.05, 0.1) is 8.22 Å². The van der Waals surface area contributed by atoms with Crippen molar-refractivity contribution >= 4 is 0 Å². The van der Waals surface area contributed by atoms with E-state index in [9.17, 15) is 0 Å². The Morgan fingerprint density at radius 1 is 1.75 bits per heavy atom. The Kier molecular flexibility index (Phi) is 143. The van der Waals surface area contributed by atoms with Gasteiger partial charge in [0.1, 0.15) is 0 Å². The lowest BCUT2D eigenvalue weighted by Crippen LogP contribution is -1.25. The van der Waals surface area contributed by atoms with E-state index in [4.69, 9.17) is 11.1 Å². The van der Waals surface area contributed by atoms with Crippen LogP contribution in [0.4, 0.5) is 0 Å². The number of aliphatic hydroxyl groups is 2. The predicted octanol–water partition coefficient (Wildman–Crippen LogP) is -0.783. The van der Waals surface area contributed by atoms with Crippen LogP contribution in [0.25, 0.3) is 0 Å². The molecule has 0 saturated heterocycles. The van der Waals surface area contributed by atoms with Gasteiger partial charge in [0.2, 0.25) is 2.86 Å². The number of hydrogen-bond donors (Lipinski definition) is 2. The summed E-state index contributed by atoms with van der Waals surface area (Å²) >= 11 is 0. The van der Waals surface area contributed by atoms with Crippen molar-refractivity contribution in [1.82, 2.24) is 0 Å². The minimum Gasteiger partial charge on any atom is -0.400 e. The molecule has 2 nitrogen and oxygen atoms in total. The second-order valence-corrected chi connectivity index (χ2v) is 0. The van der Waals surface area contributed by atoms with Crippen LogP contribution in [0.15, 0.2) is 0 Å². The molecule has 4 heavy (non-hydrogen) atoms. The molecule has 0 unspecified atom stereocenters. The third kappa shape index (κ3) is 254. The van der Waals surface area contributed by atoms with Gasteiger partial charge in [0.25, 0.3) is 0 Å². The van der Waals surface area contributed by atoms with Crippen LogP contribution >= 0.6 is 0 Å². The monoisotopic (exact) mass is 72.1 g/mol. The molecule has 0 amide bonds. The van der Waals surface area contributed by atoms with Gasteiger partial charge in [-0.2, -0.15) is 0 Å². The van der Waals surface area contributed by atoms with Crippen LogP contribution in [-0.2, 0) is 0 Å². The van der Waals surface area contributed by atoms with Crippen molar-refractivity contribution in [3.8, 4) is 0 Å². The molecule has 0 aromatic carbocycles. The van der Waals surface area contributed by atoms with E-state index >= 15 is 0 Å². The van der Waals surface area contributed by atoms with Crippen molar-refractivity contribution in [1.29, 1.82) is 2.86 Å². The van der Waals surface area contributed by atoms with Crippen LogP contribution in [-0.4, -0.2) is 27.2 Å². The summed E-state index contributed by atoms with van der Waals surface area (Å²) in [6.45, 7) is 0. The average molecular weight is 72.1 g/mol. The predicted molar refractivity (Wildman–Crippen MR) is 16.3 cm³/mol. The lowest BCUT2D eigenvalue weighted by Gasteiger charge is -1.21. The lowest BCUT2D eigenvalue weighted by molar-refractivity contribution is 0.399. The first-order valence-corrected chi connectivity index (χ1v) is 0.408. The van der Waals surface area contributed by atoms with Crippen LogP contribution in [0.1, 0.15) is 8.22 Å². The van der Waals surface area contributed by atoms with E-state index in [0.717, 1.165) is 0 Å². The minimum absolute atomic E-state index is 2.54. The molecule has 0 heterocycles. The van der Waals surface area contributed by atoms with Crippen molar-refractivity contribution in [3.63, 3.8) is 0 Å². The molecule has 0 aliphatic rings. The molecule has 0 bridgehead atoms. The van der Waals surface area contributed by atoms with Gasteiger partial charge in [-0.15, -0.1) is 0 Å². The molecule has 0 aliphatic carbocycles. The van der Waals surface area contributed by atoms with Gasteiger partial charge in [0, 0.05) is 14.1 Å². The SMILES string of the molecule is [2H]OC([2H])([2H])[2H].[2H]OC([2H])([2H])[2H]. The molecule has 0 aromatic rings. The van der Waals surface area contributed by atoms with Crippen LogP contribution in [0, 0.1) is 0 Å². The van der Waals surface area contributed by atoms with Crippen LogP contribution in [0.2, 0.25) is 0 Å². The fraction of sp³-hybridized carbons (Fsp3) is 1.00. The van der Waals surface area contributed by atoms with Gasteiger partial charge < -0.3 is 10.2 Å². The maximum atomic E-state index is 6.10. The Balaban J connectivity index is 0. The van der Waals surface area contributed by atoms with E-state index in [0.29, 0.717) is 0 Å². The quantitative estimate of drug-likeness (QED) is 0.394. The van der Waals surface area contributed by atoms with E-state index in [2.05, 4.69) is 10.2 Å². The molecular weight excluding hydrogens is 56.0 g/mol. The molecule has 0 atom stereocenters. The summed E-state index contributed by atoms with van der Waals surface area (Å²) in [6, 6.07) is 0. The Morgan fingerprint density at radius 2 is 2.00 bits per heavy atom. The highest BCUT2D eigenvalue weighted by atomic mass is 16.2. The molecule has 0 aliphatic heterocycles. The second-order valence-electron chi connectivity index (χ2n) is 0. The zero-order chi connectivity index (χ0) is 10.4. The van der Waals surface area contributed by atoms with E-state index in [1.165, 1.54) is 0 Å². The summed E-state index contributed by atoms with van der Waals surface area (Å²) in [4.78, 5) is 0. The highest BCUT2D eigenvalue weighted by Crippen LogP contribution is 0.757. The summed E-state index contributed by atoms with van der Waals surface area (Å²) in [5.74, 6) is 0. The fourth-order valence-electron chi connectivity index (χ4n) is 0. The maximum absolute atomic E-state index is 6.10. The van der Waals surface area contributed by atoms with E-state index < -0.39 is 14.1 Å². The smallest absolute Gasteiger partial charge is 0.210 e. The summed E-state index contributed by atoms with van der Waals surface area (Å²) in [7, 11) is -5.08. The first-order valence-electron chi connectivity index (χ1n) is 4.22. The summed E-state index contributed by atoms with van der Waals surface area (Å²) in [6.07, 6.45) is 0. The fourth-order valence-corrected chi connectivity index (χ4v) is 0. The summed E-state index contributed by atoms with van der Waals surface area (Å²) < 4.78 is 48.2. The van der Waals surface area contributed by atoms with Gasteiger partial charge >= 0.3 is 0 Å². The van der Waals surface area contributed by atoms with Gasteiger partial charge in [0.15, 0.2) is 0 Å². The van der Waals surface area contributed by atoms with Gasteiger partial charge in [-0.05, 0) is 0 Å². The zero-order valence-corrected chi connectivity index (χ0v) is 1.82. The molecule has 0 spiro atoms. The topological polar surface area (TPSA) is 40.5 Å². The van der Waals surface area contributed by atoms with E-state index in [-0.39, 0.29) is 0 Å².